The first-order chi connectivity index (χ1) is 5.34. The highest BCUT2D eigenvalue weighted by Crippen LogP contribution is 2.25. The number of halogens is 2. The van der Waals surface area contributed by atoms with E-state index in [1.54, 1.807) is 0 Å². The van der Waals surface area contributed by atoms with Crippen LogP contribution in [-0.4, -0.2) is 9.78 Å². The van der Waals surface area contributed by atoms with Crippen molar-refractivity contribution in [2.75, 3.05) is 0 Å². The van der Waals surface area contributed by atoms with Gasteiger partial charge < -0.3 is 0 Å². The molecule has 68 valence electrons. The van der Waals surface area contributed by atoms with E-state index < -0.39 is 17.2 Å². The monoisotopic (exact) mass is 174 g/mol. The summed E-state index contributed by atoms with van der Waals surface area (Å²) < 4.78 is 26.9. The molecule has 0 saturated carbocycles. The van der Waals surface area contributed by atoms with Gasteiger partial charge in [-0.1, -0.05) is 20.8 Å². The molecule has 0 N–H and O–H groups in total. The van der Waals surface area contributed by atoms with Gasteiger partial charge in [0.1, 0.15) is 0 Å². The van der Waals surface area contributed by atoms with E-state index >= 15 is 0 Å². The zero-order valence-corrected chi connectivity index (χ0v) is 7.65. The Hall–Kier alpha value is -0.930. The predicted molar refractivity (Wildman–Crippen MR) is 41.8 cm³/mol. The van der Waals surface area contributed by atoms with Gasteiger partial charge in [0.25, 0.3) is 5.95 Å². The first kappa shape index (κ1) is 9.16. The highest BCUT2D eigenvalue weighted by Gasteiger charge is 2.26. The van der Waals surface area contributed by atoms with Crippen molar-refractivity contribution in [1.29, 1.82) is 0 Å². The molecule has 1 heterocycles. The largest absolute Gasteiger partial charge is 0.268 e. The molecular weight excluding hydrogens is 162 g/mol. The second-order valence-corrected chi connectivity index (χ2v) is 3.83. The number of rotatable bonds is 0. The Kier molecular flexibility index (Phi) is 1.94. The molecule has 0 bridgehead atoms. The van der Waals surface area contributed by atoms with E-state index in [-0.39, 0.29) is 0 Å². The zero-order chi connectivity index (χ0) is 9.52. The maximum Gasteiger partial charge on any atom is 0.268 e. The molecule has 0 amide bonds. The molecule has 0 spiro atoms. The van der Waals surface area contributed by atoms with E-state index in [1.165, 1.54) is 11.7 Å². The molecule has 0 saturated heterocycles. The van der Waals surface area contributed by atoms with Gasteiger partial charge >= 0.3 is 0 Å². The summed E-state index contributed by atoms with van der Waals surface area (Å²) in [6.07, 6.45) is 0. The van der Waals surface area contributed by atoms with Gasteiger partial charge in [0.2, 0.25) is 5.82 Å². The normalized spacial score (nSPS) is 12.2. The molecule has 2 nitrogen and oxygen atoms in total. The lowest BCUT2D eigenvalue weighted by Gasteiger charge is -2.17. The minimum absolute atomic E-state index is 0.292. The van der Waals surface area contributed by atoms with Crippen LogP contribution in [0.25, 0.3) is 0 Å². The molecular formula is C8H12F2N2. The van der Waals surface area contributed by atoms with Crippen molar-refractivity contribution >= 4 is 0 Å². The molecule has 0 unspecified atom stereocenters. The Labute approximate surface area is 70.2 Å². The summed E-state index contributed by atoms with van der Waals surface area (Å²) >= 11 is 0. The average molecular weight is 174 g/mol. The van der Waals surface area contributed by atoms with Crippen molar-refractivity contribution in [1.82, 2.24) is 9.78 Å². The highest BCUT2D eigenvalue weighted by atomic mass is 19.2. The highest BCUT2D eigenvalue weighted by molar-refractivity contribution is 5.15. The van der Waals surface area contributed by atoms with Gasteiger partial charge in [0, 0.05) is 12.5 Å². The lowest BCUT2D eigenvalue weighted by atomic mass is 9.92. The van der Waals surface area contributed by atoms with Crippen LogP contribution in [0, 0.1) is 11.8 Å². The number of hydrogen-bond acceptors (Lipinski definition) is 1. The zero-order valence-electron chi connectivity index (χ0n) is 7.65. The Balaban J connectivity index is 3.32. The van der Waals surface area contributed by atoms with E-state index in [4.69, 9.17) is 0 Å². The molecule has 1 aromatic heterocycles. The van der Waals surface area contributed by atoms with Crippen LogP contribution >= 0.6 is 0 Å². The first-order valence-corrected chi connectivity index (χ1v) is 3.72. The lowest BCUT2D eigenvalue weighted by molar-refractivity contribution is 0.463. The van der Waals surface area contributed by atoms with Crippen LogP contribution in [0.1, 0.15) is 26.5 Å². The Morgan fingerprint density at radius 2 is 1.75 bits per heavy atom. The van der Waals surface area contributed by atoms with Crippen molar-refractivity contribution in [3.05, 3.63) is 17.5 Å². The van der Waals surface area contributed by atoms with Crippen LogP contribution in [0.3, 0.4) is 0 Å². The smallest absolute Gasteiger partial charge is 0.266 e. The molecule has 0 aliphatic rings. The summed E-state index contributed by atoms with van der Waals surface area (Å²) in [6, 6.07) is 0. The van der Waals surface area contributed by atoms with Crippen LogP contribution in [0.4, 0.5) is 8.78 Å². The van der Waals surface area contributed by atoms with E-state index in [9.17, 15) is 8.78 Å². The average Bonchev–Trinajstić information content (AvgIpc) is 2.05. The van der Waals surface area contributed by atoms with Crippen LogP contribution in [-0.2, 0) is 12.5 Å². The van der Waals surface area contributed by atoms with Crippen molar-refractivity contribution < 1.29 is 8.78 Å². The van der Waals surface area contributed by atoms with E-state index in [1.807, 2.05) is 20.8 Å². The SMILES string of the molecule is Cn1nc(F)c(F)c1C(C)(C)C. The van der Waals surface area contributed by atoms with Gasteiger partial charge in [-0.25, -0.2) is 0 Å². The van der Waals surface area contributed by atoms with Crippen LogP contribution in [0.15, 0.2) is 0 Å². The third-order valence-corrected chi connectivity index (χ3v) is 1.66. The molecule has 0 aromatic carbocycles. The van der Waals surface area contributed by atoms with Gasteiger partial charge in [0.15, 0.2) is 0 Å². The van der Waals surface area contributed by atoms with Gasteiger partial charge in [-0.15, -0.1) is 5.10 Å². The minimum Gasteiger partial charge on any atom is -0.266 e. The van der Waals surface area contributed by atoms with Crippen LogP contribution in [0.5, 0.6) is 0 Å². The molecule has 1 rings (SSSR count). The summed E-state index contributed by atoms with van der Waals surface area (Å²) in [7, 11) is 1.53. The summed E-state index contributed by atoms with van der Waals surface area (Å²) in [4.78, 5) is 0. The molecule has 0 radical (unpaired) electrons. The van der Waals surface area contributed by atoms with Gasteiger partial charge in [-0.05, 0) is 0 Å². The predicted octanol–water partition coefficient (Wildman–Crippen LogP) is 2.00. The summed E-state index contributed by atoms with van der Waals surface area (Å²) in [5.74, 6) is -1.87. The molecule has 4 heteroatoms. The molecule has 0 atom stereocenters. The number of aryl methyl sites for hydroxylation is 1. The van der Waals surface area contributed by atoms with Crippen molar-refractivity contribution in [3.8, 4) is 0 Å². The Morgan fingerprint density at radius 1 is 1.25 bits per heavy atom. The van der Waals surface area contributed by atoms with Gasteiger partial charge in [0.05, 0.1) is 5.69 Å². The van der Waals surface area contributed by atoms with Crippen LogP contribution < -0.4 is 0 Å². The fraction of sp³-hybridized carbons (Fsp3) is 0.625. The number of aromatic nitrogens is 2. The number of hydrogen-bond donors (Lipinski definition) is 0. The summed E-state index contributed by atoms with van der Waals surface area (Å²) in [5, 5.41) is 3.35. The third kappa shape index (κ3) is 1.33. The fourth-order valence-corrected chi connectivity index (χ4v) is 1.28. The lowest BCUT2D eigenvalue weighted by Crippen LogP contribution is -2.18. The molecule has 12 heavy (non-hydrogen) atoms. The fourth-order valence-electron chi connectivity index (χ4n) is 1.28. The van der Waals surface area contributed by atoms with E-state index in [0.29, 0.717) is 5.69 Å². The summed E-state index contributed by atoms with van der Waals surface area (Å²) in [6.45, 7) is 5.44. The second-order valence-electron chi connectivity index (χ2n) is 3.83. The van der Waals surface area contributed by atoms with Gasteiger partial charge in [-0.3, -0.25) is 4.68 Å². The van der Waals surface area contributed by atoms with Crippen LogP contribution in [0.2, 0.25) is 0 Å². The first-order valence-electron chi connectivity index (χ1n) is 3.72. The van der Waals surface area contributed by atoms with E-state index in [0.717, 1.165) is 0 Å². The van der Waals surface area contributed by atoms with Crippen molar-refractivity contribution in [2.24, 2.45) is 7.05 Å². The second kappa shape index (κ2) is 2.54. The maximum atomic E-state index is 13.1. The molecule has 0 aliphatic heterocycles. The third-order valence-electron chi connectivity index (χ3n) is 1.66. The van der Waals surface area contributed by atoms with Crippen molar-refractivity contribution in [3.63, 3.8) is 0 Å². The Bertz CT molecular complexity index is 297. The topological polar surface area (TPSA) is 17.8 Å². The molecule has 1 aromatic rings. The maximum absolute atomic E-state index is 13.1. The number of nitrogens with zero attached hydrogens (tertiary/aromatic N) is 2. The molecule has 0 fully saturated rings. The quantitative estimate of drug-likeness (QED) is 0.588. The minimum atomic E-state index is -1.03. The van der Waals surface area contributed by atoms with Crippen molar-refractivity contribution in [2.45, 2.75) is 26.2 Å². The standard InChI is InChI=1S/C8H12F2N2/c1-8(2,3)6-5(9)7(10)11-12(6)4/h1-4H3. The molecule has 0 aliphatic carbocycles. The van der Waals surface area contributed by atoms with Gasteiger partial charge in [-0.2, -0.15) is 8.78 Å². The summed E-state index contributed by atoms with van der Waals surface area (Å²) in [5.41, 5.74) is -0.129. The van der Waals surface area contributed by atoms with E-state index in [2.05, 4.69) is 5.10 Å². The Morgan fingerprint density at radius 3 is 1.92 bits per heavy atom.